The lowest BCUT2D eigenvalue weighted by molar-refractivity contribution is 0.0332. The van der Waals surface area contributed by atoms with Crippen molar-refractivity contribution in [2.24, 2.45) is 5.11 Å². The van der Waals surface area contributed by atoms with E-state index in [0.717, 1.165) is 0 Å². The van der Waals surface area contributed by atoms with Crippen LogP contribution in [0.15, 0.2) is 23.3 Å². The first-order valence-electron chi connectivity index (χ1n) is 5.76. The average Bonchev–Trinajstić information content (AvgIpc) is 2.42. The van der Waals surface area contributed by atoms with Crippen molar-refractivity contribution in [1.82, 2.24) is 0 Å². The predicted octanol–water partition coefficient (Wildman–Crippen LogP) is 2.74. The number of ketones is 1. The van der Waals surface area contributed by atoms with Crippen molar-refractivity contribution in [1.29, 1.82) is 0 Å². The van der Waals surface area contributed by atoms with Gasteiger partial charge in [0.25, 0.3) is 0 Å². The maximum atomic E-state index is 12.5. The topological polar surface area (TPSA) is 95.3 Å². The molecule has 1 heterocycles. The number of hydrogen-bond acceptors (Lipinski definition) is 4. The third-order valence-electron chi connectivity index (χ3n) is 3.19. The van der Waals surface area contributed by atoms with E-state index in [9.17, 15) is 9.90 Å². The zero-order valence-corrected chi connectivity index (χ0v) is 11.0. The Morgan fingerprint density at radius 1 is 1.68 bits per heavy atom. The third kappa shape index (κ3) is 2.14. The molecule has 0 spiro atoms. The Morgan fingerprint density at radius 3 is 3.05 bits per heavy atom. The quantitative estimate of drug-likeness (QED) is 0.524. The normalized spacial score (nSPS) is 23.0. The van der Waals surface area contributed by atoms with Gasteiger partial charge in [0.05, 0.1) is 11.7 Å². The van der Waals surface area contributed by atoms with E-state index in [0.29, 0.717) is 10.8 Å². The number of aliphatic hydroxyl groups is 1. The van der Waals surface area contributed by atoms with Gasteiger partial charge in [-0.25, -0.2) is 0 Å². The molecule has 0 saturated heterocycles. The summed E-state index contributed by atoms with van der Waals surface area (Å²) in [4.78, 5) is 15.2. The standard InChI is InChI=1S/C12H12ClN3O3/c1-2-10(17)12(15-16-14)6-19-9-4-3-7(13)5-8(9)11(12)18/h3-5,10,17H,2,6H2,1H3/t10-,12-/m1/s1. The van der Waals surface area contributed by atoms with Gasteiger partial charge in [-0.2, -0.15) is 0 Å². The lowest BCUT2D eigenvalue weighted by Gasteiger charge is -2.35. The molecule has 0 aromatic heterocycles. The van der Waals surface area contributed by atoms with Crippen molar-refractivity contribution in [3.8, 4) is 5.75 Å². The number of ether oxygens (including phenoxy) is 1. The molecule has 0 fully saturated rings. The molecule has 1 aliphatic heterocycles. The van der Waals surface area contributed by atoms with E-state index in [1.165, 1.54) is 6.07 Å². The first-order chi connectivity index (χ1) is 9.05. The summed E-state index contributed by atoms with van der Waals surface area (Å²) in [7, 11) is 0. The van der Waals surface area contributed by atoms with Crippen LogP contribution in [0.25, 0.3) is 10.4 Å². The highest BCUT2D eigenvalue weighted by molar-refractivity contribution is 6.31. The van der Waals surface area contributed by atoms with Gasteiger partial charge in [0, 0.05) is 9.93 Å². The third-order valence-corrected chi connectivity index (χ3v) is 3.42. The largest absolute Gasteiger partial charge is 0.492 e. The highest BCUT2D eigenvalue weighted by Crippen LogP contribution is 2.36. The van der Waals surface area contributed by atoms with Gasteiger partial charge in [0.2, 0.25) is 0 Å². The summed E-state index contributed by atoms with van der Waals surface area (Å²) in [5.41, 5.74) is 7.26. The van der Waals surface area contributed by atoms with Crippen LogP contribution in [0.1, 0.15) is 23.7 Å². The first-order valence-corrected chi connectivity index (χ1v) is 6.14. The van der Waals surface area contributed by atoms with Crippen LogP contribution in [0.4, 0.5) is 0 Å². The maximum absolute atomic E-state index is 12.5. The van der Waals surface area contributed by atoms with Crippen LogP contribution in [-0.4, -0.2) is 29.1 Å². The molecular formula is C12H12ClN3O3. The molecule has 0 bridgehead atoms. The van der Waals surface area contributed by atoms with Crippen molar-refractivity contribution in [3.63, 3.8) is 0 Å². The minimum atomic E-state index is -1.62. The number of halogens is 1. The van der Waals surface area contributed by atoms with Gasteiger partial charge >= 0.3 is 0 Å². The van der Waals surface area contributed by atoms with Gasteiger partial charge in [-0.05, 0) is 30.2 Å². The Bertz CT molecular complexity index is 571. The Kier molecular flexibility index (Phi) is 3.66. The number of nitrogens with zero attached hydrogens (tertiary/aromatic N) is 3. The molecule has 1 aromatic carbocycles. The molecule has 19 heavy (non-hydrogen) atoms. The minimum Gasteiger partial charge on any atom is -0.492 e. The molecule has 0 radical (unpaired) electrons. The molecule has 0 unspecified atom stereocenters. The summed E-state index contributed by atoms with van der Waals surface area (Å²) in [5, 5.41) is 13.9. The second kappa shape index (κ2) is 5.09. The van der Waals surface area contributed by atoms with Crippen molar-refractivity contribution < 1.29 is 14.6 Å². The molecule has 0 saturated carbocycles. The van der Waals surface area contributed by atoms with Crippen LogP contribution < -0.4 is 4.74 Å². The molecule has 2 rings (SSSR count). The molecule has 0 aliphatic carbocycles. The number of carbonyl (C=O) groups is 1. The summed E-state index contributed by atoms with van der Waals surface area (Å²) in [6, 6.07) is 4.63. The van der Waals surface area contributed by atoms with Gasteiger partial charge in [-0.1, -0.05) is 23.6 Å². The van der Waals surface area contributed by atoms with Crippen molar-refractivity contribution in [2.45, 2.75) is 25.0 Å². The second-order valence-electron chi connectivity index (χ2n) is 4.30. The molecular weight excluding hydrogens is 270 g/mol. The second-order valence-corrected chi connectivity index (χ2v) is 4.73. The van der Waals surface area contributed by atoms with Crippen LogP contribution in [0.2, 0.25) is 5.02 Å². The molecule has 7 heteroatoms. The lowest BCUT2D eigenvalue weighted by Crippen LogP contribution is -2.54. The number of Topliss-reactive ketones (excluding diaryl/α,β-unsaturated/α-hetero) is 1. The zero-order chi connectivity index (χ0) is 14.0. The number of benzene rings is 1. The van der Waals surface area contributed by atoms with E-state index < -0.39 is 17.4 Å². The van der Waals surface area contributed by atoms with Crippen LogP contribution >= 0.6 is 11.6 Å². The van der Waals surface area contributed by atoms with E-state index >= 15 is 0 Å². The molecule has 100 valence electrons. The molecule has 0 amide bonds. The summed E-state index contributed by atoms with van der Waals surface area (Å²) in [6.45, 7) is 1.51. The summed E-state index contributed by atoms with van der Waals surface area (Å²) >= 11 is 5.85. The monoisotopic (exact) mass is 281 g/mol. The lowest BCUT2D eigenvalue weighted by atomic mass is 9.82. The summed E-state index contributed by atoms with van der Waals surface area (Å²) in [5.74, 6) is -0.0927. The predicted molar refractivity (Wildman–Crippen MR) is 69.5 cm³/mol. The Morgan fingerprint density at radius 2 is 2.42 bits per heavy atom. The minimum absolute atomic E-state index is 0.181. The van der Waals surface area contributed by atoms with Crippen LogP contribution in [-0.2, 0) is 0 Å². The average molecular weight is 282 g/mol. The van der Waals surface area contributed by atoms with Gasteiger partial charge < -0.3 is 9.84 Å². The van der Waals surface area contributed by atoms with Gasteiger partial charge in [-0.3, -0.25) is 4.79 Å². The number of fused-ring (bicyclic) bond motifs is 1. The molecule has 1 aromatic rings. The van der Waals surface area contributed by atoms with E-state index in [4.69, 9.17) is 21.9 Å². The SMILES string of the molecule is CC[C@@H](O)[C@]1(N=[N+]=[N-])COc2ccc(Cl)cc2C1=O. The number of hydrogen-bond donors (Lipinski definition) is 1. The van der Waals surface area contributed by atoms with E-state index in [-0.39, 0.29) is 18.6 Å². The van der Waals surface area contributed by atoms with Gasteiger partial charge in [0.1, 0.15) is 12.4 Å². The maximum Gasteiger partial charge on any atom is 0.184 e. The van der Waals surface area contributed by atoms with Gasteiger partial charge in [-0.15, -0.1) is 0 Å². The van der Waals surface area contributed by atoms with E-state index in [2.05, 4.69) is 10.0 Å². The fraction of sp³-hybridized carbons (Fsp3) is 0.417. The summed E-state index contributed by atoms with van der Waals surface area (Å²) in [6.07, 6.45) is -0.840. The Balaban J connectivity index is 2.56. The molecule has 6 nitrogen and oxygen atoms in total. The first kappa shape index (κ1) is 13.7. The van der Waals surface area contributed by atoms with Crippen LogP contribution in [0.3, 0.4) is 0 Å². The van der Waals surface area contributed by atoms with E-state index in [1.54, 1.807) is 19.1 Å². The van der Waals surface area contributed by atoms with Gasteiger partial charge in [0.15, 0.2) is 11.3 Å². The van der Waals surface area contributed by atoms with Crippen molar-refractivity contribution in [2.75, 3.05) is 6.61 Å². The Labute approximate surface area is 114 Å². The number of rotatable bonds is 3. The highest BCUT2D eigenvalue weighted by Gasteiger charge is 2.48. The van der Waals surface area contributed by atoms with Crippen molar-refractivity contribution in [3.05, 3.63) is 39.2 Å². The molecule has 1 N–H and O–H groups in total. The Hall–Kier alpha value is -1.75. The number of aliphatic hydroxyl groups excluding tert-OH is 1. The molecule has 2 atom stereocenters. The fourth-order valence-electron chi connectivity index (χ4n) is 2.10. The van der Waals surface area contributed by atoms with Crippen LogP contribution in [0.5, 0.6) is 5.75 Å². The van der Waals surface area contributed by atoms with Crippen LogP contribution in [0, 0.1) is 0 Å². The number of azide groups is 1. The number of carbonyl (C=O) groups excluding carboxylic acids is 1. The highest BCUT2D eigenvalue weighted by atomic mass is 35.5. The fourth-order valence-corrected chi connectivity index (χ4v) is 2.27. The molecule has 1 aliphatic rings. The van der Waals surface area contributed by atoms with Crippen molar-refractivity contribution >= 4 is 17.4 Å². The van der Waals surface area contributed by atoms with E-state index in [1.807, 2.05) is 0 Å². The zero-order valence-electron chi connectivity index (χ0n) is 10.2. The summed E-state index contributed by atoms with van der Waals surface area (Å²) < 4.78 is 5.44. The smallest absolute Gasteiger partial charge is 0.184 e.